The van der Waals surface area contributed by atoms with Gasteiger partial charge in [0, 0.05) is 6.61 Å². The average Bonchev–Trinajstić information content (AvgIpc) is 2.46. The summed E-state index contributed by atoms with van der Waals surface area (Å²) in [7, 11) is 1.43. The molecule has 0 bridgehead atoms. The first-order chi connectivity index (χ1) is 9.43. The number of rotatable bonds is 7. The molecule has 1 fully saturated rings. The molecule has 0 aromatic carbocycles. The molecule has 1 saturated heterocycles. The van der Waals surface area contributed by atoms with E-state index in [0.29, 0.717) is 19.8 Å². The quantitative estimate of drug-likeness (QED) is 0.300. The minimum absolute atomic E-state index is 0.0601. The van der Waals surface area contributed by atoms with Gasteiger partial charge in [-0.2, -0.15) is 0 Å². The predicted octanol–water partition coefficient (Wildman–Crippen LogP) is 1.13. The van der Waals surface area contributed by atoms with Crippen LogP contribution >= 0.6 is 0 Å². The van der Waals surface area contributed by atoms with Crippen LogP contribution in [0.15, 0.2) is 0 Å². The lowest BCUT2D eigenvalue weighted by Crippen LogP contribution is -2.23. The largest absolute Gasteiger partial charge is 0.366 e. The van der Waals surface area contributed by atoms with E-state index in [0.717, 1.165) is 19.4 Å². The van der Waals surface area contributed by atoms with Gasteiger partial charge in [0.2, 0.25) is 0 Å². The molecule has 1 unspecified atom stereocenters. The van der Waals surface area contributed by atoms with Crippen molar-refractivity contribution in [3.8, 4) is 23.7 Å². The van der Waals surface area contributed by atoms with Crippen molar-refractivity contribution in [1.29, 1.82) is 0 Å². The molecule has 0 spiro atoms. The molecule has 0 aliphatic carbocycles. The molecule has 1 rings (SSSR count). The Kier molecular flexibility index (Phi) is 10.1. The van der Waals surface area contributed by atoms with Gasteiger partial charge in [0.15, 0.2) is 6.29 Å². The Morgan fingerprint density at radius 3 is 2.68 bits per heavy atom. The molecule has 1 heterocycles. The van der Waals surface area contributed by atoms with Crippen LogP contribution in [0.4, 0.5) is 0 Å². The molecule has 1 aliphatic heterocycles. The summed E-state index contributed by atoms with van der Waals surface area (Å²) in [5, 5.41) is 0. The van der Waals surface area contributed by atoms with Gasteiger partial charge >= 0.3 is 0 Å². The molecular weight excluding hydrogens is 248 g/mol. The minimum Gasteiger partial charge on any atom is -0.366 e. The first-order valence-corrected chi connectivity index (χ1v) is 6.36. The standard InChI is InChI=1S/C14H20O5/c1-15-19-11-6-3-2-5-9-16-12-13-18-14-8-4-7-10-17-14/h14H,4,7-13H2,1H3. The lowest BCUT2D eigenvalue weighted by atomic mass is 10.2. The van der Waals surface area contributed by atoms with Crippen LogP contribution in [0.3, 0.4) is 0 Å². The monoisotopic (exact) mass is 268 g/mol. The van der Waals surface area contributed by atoms with E-state index in [1.54, 1.807) is 0 Å². The summed E-state index contributed by atoms with van der Waals surface area (Å²) in [5.41, 5.74) is 0. The zero-order chi connectivity index (χ0) is 13.6. The van der Waals surface area contributed by atoms with Crippen LogP contribution in [0.1, 0.15) is 19.3 Å². The Balaban J connectivity index is 1.90. The van der Waals surface area contributed by atoms with Crippen LogP contribution in [0, 0.1) is 23.7 Å². The van der Waals surface area contributed by atoms with Gasteiger partial charge in [-0.25, -0.2) is 9.78 Å². The molecule has 1 atom stereocenters. The highest BCUT2D eigenvalue weighted by Gasteiger charge is 2.13. The molecular formula is C14H20O5. The Hall–Kier alpha value is -1.08. The van der Waals surface area contributed by atoms with Crippen LogP contribution in [0.5, 0.6) is 0 Å². The normalized spacial score (nSPS) is 18.1. The van der Waals surface area contributed by atoms with E-state index < -0.39 is 0 Å². The molecule has 106 valence electrons. The van der Waals surface area contributed by atoms with Crippen molar-refractivity contribution >= 4 is 0 Å². The summed E-state index contributed by atoms with van der Waals surface area (Å²) >= 11 is 0. The van der Waals surface area contributed by atoms with Gasteiger partial charge in [-0.1, -0.05) is 11.8 Å². The first-order valence-electron chi connectivity index (χ1n) is 6.36. The summed E-state index contributed by atoms with van der Waals surface area (Å²) in [6, 6.07) is 0. The summed E-state index contributed by atoms with van der Waals surface area (Å²) in [5.74, 6) is 10.7. The number of hydrogen-bond donors (Lipinski definition) is 0. The van der Waals surface area contributed by atoms with Gasteiger partial charge in [-0.05, 0) is 31.1 Å². The van der Waals surface area contributed by atoms with Gasteiger partial charge in [0.05, 0.1) is 20.3 Å². The zero-order valence-electron chi connectivity index (χ0n) is 11.3. The molecule has 1 aliphatic rings. The van der Waals surface area contributed by atoms with Crippen molar-refractivity contribution in [2.45, 2.75) is 25.6 Å². The Bertz CT molecular complexity index is 327. The molecule has 0 aromatic heterocycles. The Morgan fingerprint density at radius 2 is 1.95 bits per heavy atom. The van der Waals surface area contributed by atoms with Crippen molar-refractivity contribution in [1.82, 2.24) is 0 Å². The second kappa shape index (κ2) is 12.0. The molecule has 0 aromatic rings. The fraction of sp³-hybridized carbons (Fsp3) is 0.714. The highest BCUT2D eigenvalue weighted by molar-refractivity contribution is 5.25. The fourth-order valence-corrected chi connectivity index (χ4v) is 1.45. The third-order valence-corrected chi connectivity index (χ3v) is 2.33. The predicted molar refractivity (Wildman–Crippen MR) is 68.9 cm³/mol. The van der Waals surface area contributed by atoms with Gasteiger partial charge in [-0.15, -0.1) is 0 Å². The van der Waals surface area contributed by atoms with E-state index >= 15 is 0 Å². The second-order valence-electron chi connectivity index (χ2n) is 3.75. The molecule has 0 radical (unpaired) electrons. The van der Waals surface area contributed by atoms with Crippen molar-refractivity contribution in [3.05, 3.63) is 0 Å². The van der Waals surface area contributed by atoms with Gasteiger partial charge in [0.1, 0.15) is 13.2 Å². The summed E-state index contributed by atoms with van der Waals surface area (Å²) in [4.78, 5) is 8.91. The maximum atomic E-state index is 5.50. The van der Waals surface area contributed by atoms with Crippen LogP contribution in [0.2, 0.25) is 0 Å². The van der Waals surface area contributed by atoms with Crippen molar-refractivity contribution in [3.63, 3.8) is 0 Å². The molecule has 0 N–H and O–H groups in total. The molecule has 5 heteroatoms. The van der Waals surface area contributed by atoms with E-state index in [1.165, 1.54) is 13.5 Å². The van der Waals surface area contributed by atoms with Crippen molar-refractivity contribution in [2.24, 2.45) is 0 Å². The van der Waals surface area contributed by atoms with E-state index in [2.05, 4.69) is 33.5 Å². The fourth-order valence-electron chi connectivity index (χ4n) is 1.45. The summed E-state index contributed by atoms with van der Waals surface area (Å²) in [6.45, 7) is 2.38. The van der Waals surface area contributed by atoms with Crippen LogP contribution in [-0.2, 0) is 24.0 Å². The van der Waals surface area contributed by atoms with E-state index in [1.807, 2.05) is 0 Å². The van der Waals surface area contributed by atoms with Crippen molar-refractivity contribution < 1.29 is 24.0 Å². The topological polar surface area (TPSA) is 46.2 Å². The highest BCUT2D eigenvalue weighted by Crippen LogP contribution is 2.13. The third kappa shape index (κ3) is 9.49. The second-order valence-corrected chi connectivity index (χ2v) is 3.75. The number of ether oxygens (including phenoxy) is 3. The van der Waals surface area contributed by atoms with E-state index in [9.17, 15) is 0 Å². The molecule has 5 nitrogen and oxygen atoms in total. The Labute approximate surface area is 114 Å². The smallest absolute Gasteiger partial charge is 0.157 e. The summed E-state index contributed by atoms with van der Waals surface area (Å²) in [6.07, 6.45) is 3.21. The van der Waals surface area contributed by atoms with Crippen LogP contribution < -0.4 is 0 Å². The van der Waals surface area contributed by atoms with Crippen LogP contribution in [-0.4, -0.2) is 46.4 Å². The maximum Gasteiger partial charge on any atom is 0.157 e. The van der Waals surface area contributed by atoms with Crippen LogP contribution in [0.25, 0.3) is 0 Å². The average molecular weight is 268 g/mol. The highest BCUT2D eigenvalue weighted by atomic mass is 17.2. The lowest BCUT2D eigenvalue weighted by molar-refractivity contribution is -0.261. The van der Waals surface area contributed by atoms with E-state index in [-0.39, 0.29) is 12.9 Å². The lowest BCUT2D eigenvalue weighted by Gasteiger charge is -2.22. The third-order valence-electron chi connectivity index (χ3n) is 2.33. The zero-order valence-corrected chi connectivity index (χ0v) is 11.3. The van der Waals surface area contributed by atoms with Gasteiger partial charge in [0.25, 0.3) is 0 Å². The van der Waals surface area contributed by atoms with E-state index in [4.69, 9.17) is 14.2 Å². The first kappa shape index (κ1) is 16.0. The van der Waals surface area contributed by atoms with Gasteiger partial charge < -0.3 is 14.2 Å². The SMILES string of the molecule is COOCC#CC#CCOCCOC1CCCCO1. The maximum absolute atomic E-state index is 5.50. The van der Waals surface area contributed by atoms with Gasteiger partial charge in [-0.3, -0.25) is 0 Å². The molecule has 0 saturated carbocycles. The Morgan fingerprint density at radius 1 is 1.11 bits per heavy atom. The van der Waals surface area contributed by atoms with Crippen molar-refractivity contribution in [2.75, 3.05) is 40.1 Å². The molecule has 0 amide bonds. The number of hydrogen-bond acceptors (Lipinski definition) is 5. The minimum atomic E-state index is -0.0601. The molecule has 19 heavy (non-hydrogen) atoms. The summed E-state index contributed by atoms with van der Waals surface area (Å²) < 4.78 is 16.2.